The molecule has 90 valence electrons. The molecule has 15 heavy (non-hydrogen) atoms. The Morgan fingerprint density at radius 2 is 1.80 bits per heavy atom. The van der Waals surface area contributed by atoms with Gasteiger partial charge in [0.05, 0.1) is 0 Å². The minimum absolute atomic E-state index is 0.211. The summed E-state index contributed by atoms with van der Waals surface area (Å²) in [7, 11) is 1.90. The molecular weight excluding hydrogens is 210 g/mol. The van der Waals surface area contributed by atoms with Crippen LogP contribution in [0.2, 0.25) is 0 Å². The lowest BCUT2D eigenvalue weighted by molar-refractivity contribution is -0.134. The number of carbonyl (C=O) groups excluding carboxylic acids is 1. The molecule has 0 bridgehead atoms. The van der Waals surface area contributed by atoms with Crippen LogP contribution >= 0.6 is 11.6 Å². The van der Waals surface area contributed by atoms with Crippen LogP contribution in [-0.4, -0.2) is 30.3 Å². The van der Waals surface area contributed by atoms with Crippen LogP contribution in [0.4, 0.5) is 0 Å². The molecule has 0 aromatic rings. The number of halogens is 1. The lowest BCUT2D eigenvalue weighted by atomic mass is 10.0. The van der Waals surface area contributed by atoms with Crippen LogP contribution in [0.5, 0.6) is 0 Å². The Labute approximate surface area is 99.0 Å². The molecule has 0 radical (unpaired) electrons. The van der Waals surface area contributed by atoms with Gasteiger partial charge in [0.15, 0.2) is 0 Å². The summed E-state index contributed by atoms with van der Waals surface area (Å²) in [6, 6.07) is 0. The summed E-state index contributed by atoms with van der Waals surface area (Å²) in [6.07, 6.45) is 5.12. The molecule has 0 saturated carbocycles. The van der Waals surface area contributed by atoms with Crippen molar-refractivity contribution >= 4 is 17.5 Å². The van der Waals surface area contributed by atoms with Gasteiger partial charge in [-0.05, 0) is 25.7 Å². The van der Waals surface area contributed by atoms with Gasteiger partial charge in [-0.2, -0.15) is 0 Å². The number of unbranched alkanes of at least 4 members (excludes halogenated alkanes) is 2. The molecule has 0 aromatic carbocycles. The maximum absolute atomic E-state index is 11.9. The summed E-state index contributed by atoms with van der Waals surface area (Å²) in [5.41, 5.74) is 0. The SMILES string of the molecule is CCC(CC)C(=O)N(C)CCCCCCl. The standard InChI is InChI=1S/C12H24ClNO/c1-4-11(5-2)12(15)14(3)10-8-6-7-9-13/h11H,4-10H2,1-3H3. The highest BCUT2D eigenvalue weighted by Crippen LogP contribution is 2.11. The third-order valence-electron chi connectivity index (χ3n) is 2.84. The zero-order chi connectivity index (χ0) is 11.7. The van der Waals surface area contributed by atoms with Crippen molar-refractivity contribution in [3.8, 4) is 0 Å². The third-order valence-corrected chi connectivity index (χ3v) is 3.11. The van der Waals surface area contributed by atoms with E-state index in [1.54, 1.807) is 0 Å². The van der Waals surface area contributed by atoms with Crippen molar-refractivity contribution in [2.45, 2.75) is 46.0 Å². The molecule has 0 aliphatic heterocycles. The molecule has 0 unspecified atom stereocenters. The fraction of sp³-hybridized carbons (Fsp3) is 0.917. The van der Waals surface area contributed by atoms with Crippen molar-refractivity contribution in [3.63, 3.8) is 0 Å². The van der Waals surface area contributed by atoms with Crippen molar-refractivity contribution < 1.29 is 4.79 Å². The molecular formula is C12H24ClNO. The van der Waals surface area contributed by atoms with Gasteiger partial charge in [0.2, 0.25) is 5.91 Å². The van der Waals surface area contributed by atoms with E-state index in [1.165, 1.54) is 0 Å². The first-order valence-corrected chi connectivity index (χ1v) is 6.51. The summed E-state index contributed by atoms with van der Waals surface area (Å²) < 4.78 is 0. The van der Waals surface area contributed by atoms with E-state index in [0.29, 0.717) is 5.91 Å². The highest BCUT2D eigenvalue weighted by molar-refractivity contribution is 6.17. The Bertz CT molecular complexity index is 169. The second kappa shape index (κ2) is 9.02. The van der Waals surface area contributed by atoms with E-state index in [-0.39, 0.29) is 5.92 Å². The van der Waals surface area contributed by atoms with Gasteiger partial charge in [0.1, 0.15) is 0 Å². The fourth-order valence-electron chi connectivity index (χ4n) is 1.68. The highest BCUT2D eigenvalue weighted by atomic mass is 35.5. The highest BCUT2D eigenvalue weighted by Gasteiger charge is 2.17. The van der Waals surface area contributed by atoms with E-state index in [0.717, 1.165) is 44.5 Å². The quantitative estimate of drug-likeness (QED) is 0.465. The average Bonchev–Trinajstić information content (AvgIpc) is 2.25. The van der Waals surface area contributed by atoms with Crippen LogP contribution < -0.4 is 0 Å². The number of hydrogen-bond acceptors (Lipinski definition) is 1. The van der Waals surface area contributed by atoms with Gasteiger partial charge < -0.3 is 4.90 Å². The van der Waals surface area contributed by atoms with Crippen LogP contribution in [0.3, 0.4) is 0 Å². The van der Waals surface area contributed by atoms with Crippen molar-refractivity contribution in [1.82, 2.24) is 4.90 Å². The van der Waals surface area contributed by atoms with E-state index in [1.807, 2.05) is 11.9 Å². The van der Waals surface area contributed by atoms with Crippen LogP contribution in [0.25, 0.3) is 0 Å². The largest absolute Gasteiger partial charge is 0.346 e. The van der Waals surface area contributed by atoms with Gasteiger partial charge in [-0.3, -0.25) is 4.79 Å². The molecule has 0 aromatic heterocycles. The number of hydrogen-bond donors (Lipinski definition) is 0. The zero-order valence-electron chi connectivity index (χ0n) is 10.3. The number of carbonyl (C=O) groups is 1. The molecule has 0 rings (SSSR count). The first-order valence-electron chi connectivity index (χ1n) is 5.98. The first kappa shape index (κ1) is 14.8. The number of amides is 1. The molecule has 1 amide bonds. The van der Waals surface area contributed by atoms with Crippen LogP contribution in [0.15, 0.2) is 0 Å². The van der Waals surface area contributed by atoms with E-state index in [2.05, 4.69) is 13.8 Å². The molecule has 3 heteroatoms. The second-order valence-corrected chi connectivity index (χ2v) is 4.40. The average molecular weight is 234 g/mol. The van der Waals surface area contributed by atoms with Crippen molar-refractivity contribution in [2.75, 3.05) is 19.5 Å². The molecule has 0 fully saturated rings. The summed E-state index contributed by atoms with van der Waals surface area (Å²) in [5, 5.41) is 0. The summed E-state index contributed by atoms with van der Waals surface area (Å²) >= 11 is 5.59. The molecule has 0 spiro atoms. The van der Waals surface area contributed by atoms with Crippen molar-refractivity contribution in [1.29, 1.82) is 0 Å². The molecule has 0 heterocycles. The van der Waals surface area contributed by atoms with E-state index in [9.17, 15) is 4.79 Å². The molecule has 2 nitrogen and oxygen atoms in total. The smallest absolute Gasteiger partial charge is 0.225 e. The van der Waals surface area contributed by atoms with Crippen molar-refractivity contribution in [3.05, 3.63) is 0 Å². The fourth-order valence-corrected chi connectivity index (χ4v) is 1.87. The number of alkyl halides is 1. The lowest BCUT2D eigenvalue weighted by Crippen LogP contribution is -2.33. The Kier molecular flexibility index (Phi) is 8.88. The Morgan fingerprint density at radius 3 is 2.27 bits per heavy atom. The molecule has 0 aliphatic rings. The number of nitrogens with zero attached hydrogens (tertiary/aromatic N) is 1. The first-order chi connectivity index (χ1) is 7.17. The summed E-state index contributed by atoms with van der Waals surface area (Å²) in [5.74, 6) is 1.23. The maximum Gasteiger partial charge on any atom is 0.225 e. The predicted octanol–water partition coefficient (Wildman–Crippen LogP) is 3.29. The monoisotopic (exact) mass is 233 g/mol. The molecule has 0 atom stereocenters. The molecule has 0 N–H and O–H groups in total. The second-order valence-electron chi connectivity index (χ2n) is 4.02. The minimum atomic E-state index is 0.211. The lowest BCUT2D eigenvalue weighted by Gasteiger charge is -2.22. The predicted molar refractivity (Wildman–Crippen MR) is 66.3 cm³/mol. The minimum Gasteiger partial charge on any atom is -0.346 e. The van der Waals surface area contributed by atoms with E-state index >= 15 is 0 Å². The van der Waals surface area contributed by atoms with Gasteiger partial charge in [-0.15, -0.1) is 11.6 Å². The third kappa shape index (κ3) is 6.03. The Hall–Kier alpha value is -0.240. The van der Waals surface area contributed by atoms with E-state index in [4.69, 9.17) is 11.6 Å². The molecule has 0 aliphatic carbocycles. The van der Waals surface area contributed by atoms with Crippen molar-refractivity contribution in [2.24, 2.45) is 5.92 Å². The summed E-state index contributed by atoms with van der Waals surface area (Å²) in [4.78, 5) is 13.7. The van der Waals surface area contributed by atoms with Crippen LogP contribution in [-0.2, 0) is 4.79 Å². The van der Waals surface area contributed by atoms with Gasteiger partial charge >= 0.3 is 0 Å². The maximum atomic E-state index is 11.9. The topological polar surface area (TPSA) is 20.3 Å². The van der Waals surface area contributed by atoms with Crippen LogP contribution in [0, 0.1) is 5.92 Å². The van der Waals surface area contributed by atoms with Gasteiger partial charge in [0, 0.05) is 25.4 Å². The van der Waals surface area contributed by atoms with Gasteiger partial charge in [-0.1, -0.05) is 20.3 Å². The Balaban J connectivity index is 3.77. The van der Waals surface area contributed by atoms with Gasteiger partial charge in [-0.25, -0.2) is 0 Å². The van der Waals surface area contributed by atoms with Crippen LogP contribution in [0.1, 0.15) is 46.0 Å². The Morgan fingerprint density at radius 1 is 1.20 bits per heavy atom. The zero-order valence-corrected chi connectivity index (χ0v) is 11.0. The van der Waals surface area contributed by atoms with Gasteiger partial charge in [0.25, 0.3) is 0 Å². The van der Waals surface area contributed by atoms with E-state index < -0.39 is 0 Å². The normalized spacial score (nSPS) is 10.7. The molecule has 0 saturated heterocycles. The summed E-state index contributed by atoms with van der Waals surface area (Å²) in [6.45, 7) is 5.02. The number of rotatable bonds is 8.